The number of halogens is 2. The predicted octanol–water partition coefficient (Wildman–Crippen LogP) is 8.02. The zero-order valence-corrected chi connectivity index (χ0v) is 21.7. The summed E-state index contributed by atoms with van der Waals surface area (Å²) in [5, 5.41) is 2.30. The van der Waals surface area contributed by atoms with Crippen molar-refractivity contribution in [3.05, 3.63) is 104 Å². The van der Waals surface area contributed by atoms with Crippen LogP contribution in [0.2, 0.25) is 10.0 Å². The average Bonchev–Trinajstić information content (AvgIpc) is 3.29. The molecule has 1 fully saturated rings. The van der Waals surface area contributed by atoms with E-state index in [1.54, 1.807) is 4.90 Å². The highest BCUT2D eigenvalue weighted by molar-refractivity contribution is 8.27. The number of hydrogen-bond donors (Lipinski definition) is 0. The van der Waals surface area contributed by atoms with E-state index >= 15 is 0 Å². The van der Waals surface area contributed by atoms with Gasteiger partial charge in [0.25, 0.3) is 5.91 Å². The minimum Gasteiger partial charge on any atom is -0.342 e. The van der Waals surface area contributed by atoms with Gasteiger partial charge >= 0.3 is 0 Å². The van der Waals surface area contributed by atoms with Crippen LogP contribution in [-0.2, 0) is 11.3 Å². The lowest BCUT2D eigenvalue weighted by molar-refractivity contribution is -0.113. The van der Waals surface area contributed by atoms with Gasteiger partial charge in [0.05, 0.1) is 17.1 Å². The molecule has 1 aromatic heterocycles. The van der Waals surface area contributed by atoms with Crippen molar-refractivity contribution in [2.45, 2.75) is 20.4 Å². The molecule has 7 heteroatoms. The van der Waals surface area contributed by atoms with Crippen molar-refractivity contribution in [2.24, 2.45) is 0 Å². The molecule has 0 unspecified atom stereocenters. The van der Waals surface area contributed by atoms with E-state index in [2.05, 4.69) is 23.6 Å². The molecule has 3 aromatic carbocycles. The molecule has 1 amide bonds. The van der Waals surface area contributed by atoms with Crippen LogP contribution in [0.3, 0.4) is 0 Å². The van der Waals surface area contributed by atoms with Gasteiger partial charge in [0, 0.05) is 38.3 Å². The summed E-state index contributed by atoms with van der Waals surface area (Å²) in [5.41, 5.74) is 5.94. The highest BCUT2D eigenvalue weighted by Crippen LogP contribution is 2.38. The molecular weight excluding hydrogens is 503 g/mol. The molecule has 1 saturated heterocycles. The molecule has 0 bridgehead atoms. The van der Waals surface area contributed by atoms with Crippen molar-refractivity contribution in [1.82, 2.24) is 4.57 Å². The number of aryl methyl sites for hydroxylation is 2. The Balaban J connectivity index is 1.54. The summed E-state index contributed by atoms with van der Waals surface area (Å²) in [5.74, 6) is -0.107. The Bertz CT molecular complexity index is 1490. The van der Waals surface area contributed by atoms with Gasteiger partial charge < -0.3 is 4.57 Å². The fourth-order valence-corrected chi connectivity index (χ4v) is 5.88. The Morgan fingerprint density at radius 3 is 2.44 bits per heavy atom. The van der Waals surface area contributed by atoms with Crippen molar-refractivity contribution in [3.8, 4) is 0 Å². The quantitative estimate of drug-likeness (QED) is 0.200. The Morgan fingerprint density at radius 2 is 1.71 bits per heavy atom. The van der Waals surface area contributed by atoms with E-state index in [-0.39, 0.29) is 5.91 Å². The summed E-state index contributed by atoms with van der Waals surface area (Å²) in [6.45, 7) is 4.61. The Labute approximate surface area is 218 Å². The maximum Gasteiger partial charge on any atom is 0.270 e. The maximum atomic E-state index is 13.3. The van der Waals surface area contributed by atoms with Gasteiger partial charge in [0.1, 0.15) is 0 Å². The fourth-order valence-electron chi connectivity index (χ4n) is 4.07. The van der Waals surface area contributed by atoms with Crippen LogP contribution in [0.5, 0.6) is 0 Å². The Morgan fingerprint density at radius 1 is 0.971 bits per heavy atom. The molecule has 1 aliphatic rings. The first-order valence-corrected chi connectivity index (χ1v) is 12.7. The van der Waals surface area contributed by atoms with Gasteiger partial charge in [0.2, 0.25) is 0 Å². The third-order valence-electron chi connectivity index (χ3n) is 6.04. The van der Waals surface area contributed by atoms with Crippen molar-refractivity contribution >= 4 is 80.1 Å². The molecule has 1 aliphatic heterocycles. The molecule has 0 aliphatic carbocycles. The van der Waals surface area contributed by atoms with E-state index in [9.17, 15) is 4.79 Å². The monoisotopic (exact) mass is 522 g/mol. The standard InChI is InChI=1S/C27H20Cl2N2OS2/c1-16-10-11-19(12-17(16)2)31-26(32)25(34-27(31)33)13-18-14-30(24-9-4-3-6-20(18)24)15-21-22(28)7-5-8-23(21)29/h3-14H,15H2,1-2H3/b25-13-. The Hall–Kier alpha value is -2.57. The first-order chi connectivity index (χ1) is 16.3. The molecule has 34 heavy (non-hydrogen) atoms. The minimum absolute atomic E-state index is 0.107. The molecule has 2 heterocycles. The summed E-state index contributed by atoms with van der Waals surface area (Å²) in [6, 6.07) is 19.6. The zero-order valence-electron chi connectivity index (χ0n) is 18.5. The third kappa shape index (κ3) is 4.18. The fraction of sp³-hybridized carbons (Fsp3) is 0.111. The maximum absolute atomic E-state index is 13.3. The van der Waals surface area contributed by atoms with E-state index < -0.39 is 0 Å². The van der Waals surface area contributed by atoms with Gasteiger partial charge in [-0.2, -0.15) is 0 Å². The lowest BCUT2D eigenvalue weighted by Gasteiger charge is -2.15. The molecule has 5 rings (SSSR count). The number of thioether (sulfide) groups is 1. The molecule has 0 saturated carbocycles. The van der Waals surface area contributed by atoms with Crippen molar-refractivity contribution in [3.63, 3.8) is 0 Å². The zero-order chi connectivity index (χ0) is 24.0. The highest BCUT2D eigenvalue weighted by Gasteiger charge is 2.33. The number of aromatic nitrogens is 1. The summed E-state index contributed by atoms with van der Waals surface area (Å²) in [7, 11) is 0. The molecule has 170 valence electrons. The lowest BCUT2D eigenvalue weighted by atomic mass is 10.1. The normalized spacial score (nSPS) is 15.2. The van der Waals surface area contributed by atoms with Gasteiger partial charge in [-0.15, -0.1) is 0 Å². The summed E-state index contributed by atoms with van der Waals surface area (Å²) >= 11 is 19.8. The third-order valence-corrected chi connectivity index (χ3v) is 8.05. The number of nitrogens with zero attached hydrogens (tertiary/aromatic N) is 2. The molecule has 3 nitrogen and oxygen atoms in total. The average molecular weight is 524 g/mol. The first kappa shape index (κ1) is 23.2. The number of thiocarbonyl (C=S) groups is 1. The minimum atomic E-state index is -0.107. The van der Waals surface area contributed by atoms with E-state index in [0.29, 0.717) is 25.8 Å². The summed E-state index contributed by atoms with van der Waals surface area (Å²) in [4.78, 5) is 15.6. The van der Waals surface area contributed by atoms with Crippen LogP contribution in [0, 0.1) is 13.8 Å². The second-order valence-electron chi connectivity index (χ2n) is 8.22. The number of benzene rings is 3. The number of hydrogen-bond acceptors (Lipinski definition) is 3. The van der Waals surface area contributed by atoms with Crippen LogP contribution in [-0.4, -0.2) is 14.8 Å². The molecule has 0 atom stereocenters. The van der Waals surface area contributed by atoms with Crippen LogP contribution < -0.4 is 4.90 Å². The topological polar surface area (TPSA) is 25.2 Å². The summed E-state index contributed by atoms with van der Waals surface area (Å²) < 4.78 is 2.64. The van der Waals surface area contributed by atoms with E-state index in [1.165, 1.54) is 17.3 Å². The van der Waals surface area contributed by atoms with Crippen molar-refractivity contribution < 1.29 is 4.79 Å². The molecule has 0 N–H and O–H groups in total. The van der Waals surface area contributed by atoms with Gasteiger partial charge in [0.15, 0.2) is 4.32 Å². The second kappa shape index (κ2) is 9.23. The molecule has 0 radical (unpaired) electrons. The lowest BCUT2D eigenvalue weighted by Crippen LogP contribution is -2.27. The predicted molar refractivity (Wildman–Crippen MR) is 149 cm³/mol. The van der Waals surface area contributed by atoms with Crippen LogP contribution in [0.4, 0.5) is 5.69 Å². The molecule has 0 spiro atoms. The van der Waals surface area contributed by atoms with Gasteiger partial charge in [-0.05, 0) is 61.4 Å². The number of rotatable bonds is 4. The summed E-state index contributed by atoms with van der Waals surface area (Å²) in [6.07, 6.45) is 3.96. The van der Waals surface area contributed by atoms with Crippen LogP contribution >= 0.6 is 47.2 Å². The second-order valence-corrected chi connectivity index (χ2v) is 10.7. The first-order valence-electron chi connectivity index (χ1n) is 10.7. The number of fused-ring (bicyclic) bond motifs is 1. The smallest absolute Gasteiger partial charge is 0.270 e. The number of amides is 1. The largest absolute Gasteiger partial charge is 0.342 e. The van der Waals surface area contributed by atoms with E-state index in [4.69, 9.17) is 35.4 Å². The number of para-hydroxylation sites is 1. The van der Waals surface area contributed by atoms with Gasteiger partial charge in [-0.25, -0.2) is 0 Å². The van der Waals surface area contributed by atoms with Crippen LogP contribution in [0.15, 0.2) is 71.8 Å². The van der Waals surface area contributed by atoms with Gasteiger partial charge in [-0.3, -0.25) is 9.69 Å². The number of anilines is 1. The van der Waals surface area contributed by atoms with Crippen LogP contribution in [0.1, 0.15) is 22.3 Å². The SMILES string of the molecule is Cc1ccc(N2C(=O)/C(=C/c3cn(Cc4c(Cl)cccc4Cl)c4ccccc34)SC2=S)cc1C. The number of carbonyl (C=O) groups is 1. The number of carbonyl (C=O) groups excluding carboxylic acids is 1. The van der Waals surface area contributed by atoms with Crippen LogP contribution in [0.25, 0.3) is 17.0 Å². The highest BCUT2D eigenvalue weighted by atomic mass is 35.5. The molecule has 4 aromatic rings. The van der Waals surface area contributed by atoms with E-state index in [0.717, 1.165) is 33.3 Å². The van der Waals surface area contributed by atoms with E-state index in [1.807, 2.05) is 67.7 Å². The van der Waals surface area contributed by atoms with Gasteiger partial charge in [-0.1, -0.05) is 77.5 Å². The molecular formula is C27H20Cl2N2OS2. The van der Waals surface area contributed by atoms with Crippen molar-refractivity contribution in [1.29, 1.82) is 0 Å². The Kier molecular flexibility index (Phi) is 6.30. The van der Waals surface area contributed by atoms with Crippen molar-refractivity contribution in [2.75, 3.05) is 4.90 Å².